The van der Waals surface area contributed by atoms with Crippen molar-refractivity contribution in [1.82, 2.24) is 15.0 Å². The molecule has 20 heavy (non-hydrogen) atoms. The SMILES string of the molecule is CC(=O)N(Cc1nc(-c2ccc(C)cc2)no1)C(C)C. The van der Waals surface area contributed by atoms with Crippen LogP contribution in [0.2, 0.25) is 0 Å². The number of aryl methyl sites for hydroxylation is 1. The van der Waals surface area contributed by atoms with Gasteiger partial charge in [-0.2, -0.15) is 4.98 Å². The van der Waals surface area contributed by atoms with Crippen molar-refractivity contribution in [1.29, 1.82) is 0 Å². The summed E-state index contributed by atoms with van der Waals surface area (Å²) < 4.78 is 5.23. The Kier molecular flexibility index (Phi) is 4.17. The largest absolute Gasteiger partial charge is 0.337 e. The zero-order valence-corrected chi connectivity index (χ0v) is 12.3. The van der Waals surface area contributed by atoms with Gasteiger partial charge < -0.3 is 9.42 Å². The average molecular weight is 273 g/mol. The van der Waals surface area contributed by atoms with E-state index in [1.165, 1.54) is 12.5 Å². The monoisotopic (exact) mass is 273 g/mol. The van der Waals surface area contributed by atoms with Crippen molar-refractivity contribution in [3.8, 4) is 11.4 Å². The minimum atomic E-state index is -0.00455. The van der Waals surface area contributed by atoms with Crippen LogP contribution in [0.4, 0.5) is 0 Å². The molecule has 0 fully saturated rings. The lowest BCUT2D eigenvalue weighted by atomic mass is 10.1. The molecule has 2 aromatic rings. The number of nitrogens with zero attached hydrogens (tertiary/aromatic N) is 3. The molecule has 106 valence electrons. The fraction of sp³-hybridized carbons (Fsp3) is 0.400. The van der Waals surface area contributed by atoms with Crippen LogP contribution in [-0.4, -0.2) is 27.0 Å². The van der Waals surface area contributed by atoms with E-state index < -0.39 is 0 Å². The van der Waals surface area contributed by atoms with Crippen LogP contribution in [0.5, 0.6) is 0 Å². The Balaban J connectivity index is 2.16. The second kappa shape index (κ2) is 5.86. The number of hydrogen-bond donors (Lipinski definition) is 0. The van der Waals surface area contributed by atoms with Crippen LogP contribution in [0.1, 0.15) is 32.2 Å². The van der Waals surface area contributed by atoms with E-state index in [-0.39, 0.29) is 11.9 Å². The summed E-state index contributed by atoms with van der Waals surface area (Å²) in [7, 11) is 0. The molecule has 0 radical (unpaired) electrons. The van der Waals surface area contributed by atoms with Gasteiger partial charge in [0, 0.05) is 18.5 Å². The molecule has 0 bridgehead atoms. The molecule has 0 aliphatic heterocycles. The van der Waals surface area contributed by atoms with Gasteiger partial charge in [0.25, 0.3) is 0 Å². The van der Waals surface area contributed by atoms with Crippen molar-refractivity contribution in [2.75, 3.05) is 0 Å². The van der Waals surface area contributed by atoms with Crippen LogP contribution in [-0.2, 0) is 11.3 Å². The predicted molar refractivity (Wildman–Crippen MR) is 75.8 cm³/mol. The van der Waals surface area contributed by atoms with E-state index in [0.717, 1.165) is 5.56 Å². The van der Waals surface area contributed by atoms with Gasteiger partial charge in [0.15, 0.2) is 0 Å². The fourth-order valence-electron chi connectivity index (χ4n) is 1.94. The van der Waals surface area contributed by atoms with Crippen LogP contribution in [0, 0.1) is 6.92 Å². The van der Waals surface area contributed by atoms with Gasteiger partial charge in [0.05, 0.1) is 0 Å². The molecule has 1 aromatic carbocycles. The topological polar surface area (TPSA) is 59.2 Å². The van der Waals surface area contributed by atoms with E-state index in [1.54, 1.807) is 4.90 Å². The number of aromatic nitrogens is 2. The first-order chi connectivity index (χ1) is 9.47. The highest BCUT2D eigenvalue weighted by Crippen LogP contribution is 2.17. The van der Waals surface area contributed by atoms with Gasteiger partial charge in [0.1, 0.15) is 6.54 Å². The summed E-state index contributed by atoms with van der Waals surface area (Å²) in [6.07, 6.45) is 0. The number of carbonyl (C=O) groups excluding carboxylic acids is 1. The first-order valence-corrected chi connectivity index (χ1v) is 6.64. The molecule has 1 aromatic heterocycles. The number of hydrogen-bond acceptors (Lipinski definition) is 4. The summed E-state index contributed by atoms with van der Waals surface area (Å²) in [5, 5.41) is 3.96. The summed E-state index contributed by atoms with van der Waals surface area (Å²) in [6.45, 7) is 7.82. The van der Waals surface area contributed by atoms with Gasteiger partial charge in [-0.15, -0.1) is 0 Å². The highest BCUT2D eigenvalue weighted by molar-refractivity contribution is 5.73. The second-order valence-electron chi connectivity index (χ2n) is 5.12. The number of rotatable bonds is 4. The van der Waals surface area contributed by atoms with Gasteiger partial charge in [0.2, 0.25) is 17.6 Å². The van der Waals surface area contributed by atoms with Gasteiger partial charge in [-0.1, -0.05) is 35.0 Å². The Morgan fingerprint density at radius 2 is 1.95 bits per heavy atom. The van der Waals surface area contributed by atoms with E-state index in [0.29, 0.717) is 18.3 Å². The van der Waals surface area contributed by atoms with Gasteiger partial charge in [-0.25, -0.2) is 0 Å². The van der Waals surface area contributed by atoms with Crippen LogP contribution in [0.25, 0.3) is 11.4 Å². The Bertz CT molecular complexity index is 587. The maximum Gasteiger partial charge on any atom is 0.246 e. The van der Waals surface area contributed by atoms with E-state index in [4.69, 9.17) is 4.52 Å². The summed E-state index contributed by atoms with van der Waals surface area (Å²) in [4.78, 5) is 17.6. The van der Waals surface area contributed by atoms with E-state index in [2.05, 4.69) is 10.1 Å². The maximum absolute atomic E-state index is 11.5. The summed E-state index contributed by atoms with van der Waals surface area (Å²) in [5.74, 6) is 0.992. The highest BCUT2D eigenvalue weighted by atomic mass is 16.5. The zero-order chi connectivity index (χ0) is 14.7. The molecular formula is C15H19N3O2. The quantitative estimate of drug-likeness (QED) is 0.859. The number of amides is 1. The van der Waals surface area contributed by atoms with Crippen LogP contribution < -0.4 is 0 Å². The maximum atomic E-state index is 11.5. The van der Waals surface area contributed by atoms with Crippen molar-refractivity contribution in [3.05, 3.63) is 35.7 Å². The smallest absolute Gasteiger partial charge is 0.246 e. The zero-order valence-electron chi connectivity index (χ0n) is 12.3. The first-order valence-electron chi connectivity index (χ1n) is 6.64. The van der Waals surface area contributed by atoms with Gasteiger partial charge in [-0.3, -0.25) is 4.79 Å². The molecule has 0 aliphatic rings. The number of benzene rings is 1. The molecular weight excluding hydrogens is 254 g/mol. The highest BCUT2D eigenvalue weighted by Gasteiger charge is 2.17. The van der Waals surface area contributed by atoms with Crippen molar-refractivity contribution in [3.63, 3.8) is 0 Å². The molecule has 1 amide bonds. The van der Waals surface area contributed by atoms with Crippen molar-refractivity contribution in [2.24, 2.45) is 0 Å². The molecule has 0 N–H and O–H groups in total. The normalized spacial score (nSPS) is 10.8. The van der Waals surface area contributed by atoms with Crippen LogP contribution >= 0.6 is 0 Å². The Hall–Kier alpha value is -2.17. The molecule has 0 atom stereocenters. The first kappa shape index (κ1) is 14.2. The van der Waals surface area contributed by atoms with Crippen LogP contribution in [0.3, 0.4) is 0 Å². The van der Waals surface area contributed by atoms with Gasteiger partial charge >= 0.3 is 0 Å². The lowest BCUT2D eigenvalue weighted by Crippen LogP contribution is -2.34. The molecule has 1 heterocycles. The Labute approximate surface area is 118 Å². The fourth-order valence-corrected chi connectivity index (χ4v) is 1.94. The second-order valence-corrected chi connectivity index (χ2v) is 5.12. The third-order valence-electron chi connectivity index (χ3n) is 3.11. The molecule has 0 spiro atoms. The van der Waals surface area contributed by atoms with E-state index >= 15 is 0 Å². The lowest BCUT2D eigenvalue weighted by Gasteiger charge is -2.23. The van der Waals surface area contributed by atoms with Crippen molar-refractivity contribution >= 4 is 5.91 Å². The third kappa shape index (κ3) is 3.23. The predicted octanol–water partition coefficient (Wildman–Crippen LogP) is 2.80. The average Bonchev–Trinajstić information content (AvgIpc) is 2.84. The summed E-state index contributed by atoms with van der Waals surface area (Å²) in [5.41, 5.74) is 2.09. The van der Waals surface area contributed by atoms with Crippen LogP contribution in [0.15, 0.2) is 28.8 Å². The van der Waals surface area contributed by atoms with Crippen molar-refractivity contribution in [2.45, 2.75) is 40.3 Å². The standard InChI is InChI=1S/C15H19N3O2/c1-10(2)18(12(4)19)9-14-16-15(17-20-14)13-7-5-11(3)6-8-13/h5-8,10H,9H2,1-4H3. The van der Waals surface area contributed by atoms with E-state index in [1.807, 2.05) is 45.0 Å². The Morgan fingerprint density at radius 1 is 1.30 bits per heavy atom. The minimum Gasteiger partial charge on any atom is -0.337 e. The number of carbonyl (C=O) groups is 1. The molecule has 0 saturated heterocycles. The van der Waals surface area contributed by atoms with E-state index in [9.17, 15) is 4.79 Å². The molecule has 5 heteroatoms. The molecule has 0 unspecified atom stereocenters. The molecule has 0 saturated carbocycles. The van der Waals surface area contributed by atoms with Gasteiger partial charge in [-0.05, 0) is 20.8 Å². The Morgan fingerprint density at radius 3 is 2.50 bits per heavy atom. The lowest BCUT2D eigenvalue weighted by molar-refractivity contribution is -0.131. The molecule has 0 aliphatic carbocycles. The molecule has 2 rings (SSSR count). The molecule has 5 nitrogen and oxygen atoms in total. The summed E-state index contributed by atoms with van der Waals surface area (Å²) in [6, 6.07) is 8.01. The van der Waals surface area contributed by atoms with Crippen molar-refractivity contribution < 1.29 is 9.32 Å². The summed E-state index contributed by atoms with van der Waals surface area (Å²) >= 11 is 0. The minimum absolute atomic E-state index is 0.00455. The third-order valence-corrected chi connectivity index (χ3v) is 3.11.